The van der Waals surface area contributed by atoms with Gasteiger partial charge in [0.2, 0.25) is 0 Å². The van der Waals surface area contributed by atoms with E-state index in [0.717, 1.165) is 0 Å². The van der Waals surface area contributed by atoms with E-state index >= 15 is 0 Å². The zero-order valence-electron chi connectivity index (χ0n) is 7.29. The van der Waals surface area contributed by atoms with E-state index in [1.807, 2.05) is 24.2 Å². The first kappa shape index (κ1) is 8.60. The van der Waals surface area contributed by atoms with Crippen LogP contribution in [0.3, 0.4) is 0 Å². The molecule has 0 aromatic heterocycles. The molecule has 1 aliphatic rings. The van der Waals surface area contributed by atoms with Gasteiger partial charge in [-0.15, -0.1) is 0 Å². The van der Waals surface area contributed by atoms with Crippen molar-refractivity contribution in [3.05, 3.63) is 12.3 Å². The molecular weight excluding hydrogens is 136 g/mol. The zero-order valence-corrected chi connectivity index (χ0v) is 7.29. The van der Waals surface area contributed by atoms with Gasteiger partial charge in [-0.05, 0) is 19.8 Å². The highest BCUT2D eigenvalue weighted by Gasteiger charge is 2.15. The van der Waals surface area contributed by atoms with Gasteiger partial charge in [0.1, 0.15) is 0 Å². The van der Waals surface area contributed by atoms with Gasteiger partial charge >= 0.3 is 0 Å². The summed E-state index contributed by atoms with van der Waals surface area (Å²) in [7, 11) is 0. The molecule has 2 N–H and O–H groups in total. The van der Waals surface area contributed by atoms with Crippen LogP contribution >= 0.6 is 0 Å². The van der Waals surface area contributed by atoms with Crippen LogP contribution in [0.5, 0.6) is 0 Å². The Bertz CT molecular complexity index is 126. The largest absolute Gasteiger partial charge is 0.316 e. The van der Waals surface area contributed by atoms with Crippen LogP contribution in [-0.4, -0.2) is 11.1 Å². The number of allylic oxidation sites excluding steroid dienone is 1. The Labute approximate surface area is 69.0 Å². The molecule has 0 saturated heterocycles. The lowest BCUT2D eigenvalue weighted by molar-refractivity contribution is 0.222. The highest BCUT2D eigenvalue weighted by Crippen LogP contribution is 2.20. The molecule has 0 heterocycles. The summed E-state index contributed by atoms with van der Waals surface area (Å²) in [6, 6.07) is 0.597. The summed E-state index contributed by atoms with van der Waals surface area (Å²) in [6.07, 6.45) is 10.6. The Morgan fingerprint density at radius 2 is 1.91 bits per heavy atom. The molecule has 64 valence electrons. The second-order valence-corrected chi connectivity index (χ2v) is 3.22. The summed E-state index contributed by atoms with van der Waals surface area (Å²) in [5, 5.41) is 1.86. The molecule has 0 radical (unpaired) electrons. The molecule has 1 saturated carbocycles. The highest BCUT2D eigenvalue weighted by atomic mass is 15.4. The summed E-state index contributed by atoms with van der Waals surface area (Å²) >= 11 is 0. The number of rotatable bonds is 2. The Hall–Kier alpha value is -0.500. The summed E-state index contributed by atoms with van der Waals surface area (Å²) < 4.78 is 0. The lowest BCUT2D eigenvalue weighted by Crippen LogP contribution is -2.37. The normalized spacial score (nSPS) is 20.9. The van der Waals surface area contributed by atoms with E-state index < -0.39 is 0 Å². The lowest BCUT2D eigenvalue weighted by Gasteiger charge is -2.29. The first-order valence-corrected chi connectivity index (χ1v) is 4.50. The number of nitrogens with zero attached hydrogens (tertiary/aromatic N) is 1. The van der Waals surface area contributed by atoms with Crippen LogP contribution in [0.4, 0.5) is 0 Å². The fraction of sp³-hybridized carbons (Fsp3) is 0.778. The van der Waals surface area contributed by atoms with E-state index in [4.69, 9.17) is 5.84 Å². The van der Waals surface area contributed by atoms with Gasteiger partial charge in [0.25, 0.3) is 0 Å². The summed E-state index contributed by atoms with van der Waals surface area (Å²) in [5.41, 5.74) is 0. The third-order valence-electron chi connectivity index (χ3n) is 2.32. The standard InChI is InChI=1S/C9H18N2/c1-2-8-11(10)9-6-4-3-5-7-9/h2,8-9H,3-7,10H2,1H3. The van der Waals surface area contributed by atoms with Crippen LogP contribution < -0.4 is 5.84 Å². The van der Waals surface area contributed by atoms with E-state index in [1.165, 1.54) is 32.1 Å². The SMILES string of the molecule is CC=CN(N)C1CCCCC1. The van der Waals surface area contributed by atoms with Crippen molar-refractivity contribution in [3.63, 3.8) is 0 Å². The zero-order chi connectivity index (χ0) is 8.10. The average Bonchev–Trinajstić information content (AvgIpc) is 2.07. The maximum atomic E-state index is 5.81. The van der Waals surface area contributed by atoms with Crippen LogP contribution in [0, 0.1) is 0 Å². The molecule has 0 unspecified atom stereocenters. The van der Waals surface area contributed by atoms with Gasteiger partial charge in [0, 0.05) is 12.2 Å². The number of nitrogens with two attached hydrogens (primary N) is 1. The van der Waals surface area contributed by atoms with Crippen molar-refractivity contribution in [2.45, 2.75) is 45.1 Å². The van der Waals surface area contributed by atoms with Gasteiger partial charge in [-0.3, -0.25) is 0 Å². The van der Waals surface area contributed by atoms with E-state index in [1.54, 1.807) is 0 Å². The summed E-state index contributed by atoms with van der Waals surface area (Å²) in [4.78, 5) is 0. The molecule has 0 spiro atoms. The molecule has 2 nitrogen and oxygen atoms in total. The summed E-state index contributed by atoms with van der Waals surface area (Å²) in [6.45, 7) is 2.00. The number of hydrogen-bond donors (Lipinski definition) is 1. The van der Waals surface area contributed by atoms with E-state index in [2.05, 4.69) is 0 Å². The Morgan fingerprint density at radius 3 is 2.45 bits per heavy atom. The molecular formula is C9H18N2. The van der Waals surface area contributed by atoms with E-state index in [9.17, 15) is 0 Å². The molecule has 0 aromatic carbocycles. The van der Waals surface area contributed by atoms with Gasteiger partial charge in [-0.2, -0.15) is 0 Å². The maximum Gasteiger partial charge on any atom is 0.0445 e. The molecule has 0 amide bonds. The Morgan fingerprint density at radius 1 is 1.27 bits per heavy atom. The fourth-order valence-electron chi connectivity index (χ4n) is 1.67. The predicted octanol–water partition coefficient (Wildman–Crippen LogP) is 2.03. The van der Waals surface area contributed by atoms with Crippen LogP contribution in [0.15, 0.2) is 12.3 Å². The van der Waals surface area contributed by atoms with Crippen LogP contribution in [0.1, 0.15) is 39.0 Å². The Kier molecular flexibility index (Phi) is 3.43. The van der Waals surface area contributed by atoms with Crippen molar-refractivity contribution >= 4 is 0 Å². The van der Waals surface area contributed by atoms with E-state index in [-0.39, 0.29) is 0 Å². The third-order valence-corrected chi connectivity index (χ3v) is 2.32. The second-order valence-electron chi connectivity index (χ2n) is 3.22. The monoisotopic (exact) mass is 154 g/mol. The van der Waals surface area contributed by atoms with Crippen molar-refractivity contribution in [1.29, 1.82) is 0 Å². The van der Waals surface area contributed by atoms with Gasteiger partial charge in [0.05, 0.1) is 0 Å². The van der Waals surface area contributed by atoms with Gasteiger partial charge in [-0.1, -0.05) is 25.3 Å². The van der Waals surface area contributed by atoms with Gasteiger partial charge in [-0.25, -0.2) is 5.84 Å². The molecule has 11 heavy (non-hydrogen) atoms. The molecule has 1 rings (SSSR count). The summed E-state index contributed by atoms with van der Waals surface area (Å²) in [5.74, 6) is 5.81. The molecule has 1 aliphatic carbocycles. The smallest absolute Gasteiger partial charge is 0.0445 e. The minimum atomic E-state index is 0.597. The molecule has 0 atom stereocenters. The molecule has 0 aromatic rings. The van der Waals surface area contributed by atoms with Gasteiger partial charge < -0.3 is 5.01 Å². The van der Waals surface area contributed by atoms with Crippen molar-refractivity contribution in [3.8, 4) is 0 Å². The van der Waals surface area contributed by atoms with Crippen LogP contribution in [-0.2, 0) is 0 Å². The molecule has 0 aliphatic heterocycles. The van der Waals surface area contributed by atoms with Gasteiger partial charge in [0.15, 0.2) is 0 Å². The minimum absolute atomic E-state index is 0.597. The Balaban J connectivity index is 2.32. The van der Waals surface area contributed by atoms with Crippen molar-refractivity contribution in [2.75, 3.05) is 0 Å². The maximum absolute atomic E-state index is 5.81. The lowest BCUT2D eigenvalue weighted by atomic mass is 9.95. The van der Waals surface area contributed by atoms with Crippen molar-refractivity contribution in [2.24, 2.45) is 5.84 Å². The molecule has 0 bridgehead atoms. The second kappa shape index (κ2) is 4.39. The number of hydrazine groups is 1. The van der Waals surface area contributed by atoms with E-state index in [0.29, 0.717) is 6.04 Å². The molecule has 2 heteroatoms. The van der Waals surface area contributed by atoms with Crippen LogP contribution in [0.2, 0.25) is 0 Å². The topological polar surface area (TPSA) is 29.3 Å². The van der Waals surface area contributed by atoms with Crippen molar-refractivity contribution < 1.29 is 0 Å². The average molecular weight is 154 g/mol. The van der Waals surface area contributed by atoms with Crippen LogP contribution in [0.25, 0.3) is 0 Å². The minimum Gasteiger partial charge on any atom is -0.316 e. The number of hydrogen-bond acceptors (Lipinski definition) is 2. The fourth-order valence-corrected chi connectivity index (χ4v) is 1.67. The third kappa shape index (κ3) is 2.54. The highest BCUT2D eigenvalue weighted by molar-refractivity contribution is 4.82. The first-order valence-electron chi connectivity index (χ1n) is 4.50. The molecule has 1 fully saturated rings. The first-order chi connectivity index (χ1) is 5.34. The predicted molar refractivity (Wildman–Crippen MR) is 47.7 cm³/mol. The van der Waals surface area contributed by atoms with Crippen molar-refractivity contribution in [1.82, 2.24) is 5.01 Å². The quantitative estimate of drug-likeness (QED) is 0.487.